The van der Waals surface area contributed by atoms with Crippen LogP contribution in [0.4, 0.5) is 0 Å². The second kappa shape index (κ2) is 10.8. The van der Waals surface area contributed by atoms with Crippen molar-refractivity contribution < 1.29 is 5.11 Å². The maximum atomic E-state index is 9.83. The van der Waals surface area contributed by atoms with Gasteiger partial charge in [0.15, 0.2) is 0 Å². The molecule has 0 aromatic rings. The van der Waals surface area contributed by atoms with E-state index < -0.39 is 0 Å². The van der Waals surface area contributed by atoms with Gasteiger partial charge in [-0.3, -0.25) is 0 Å². The lowest BCUT2D eigenvalue weighted by Crippen LogP contribution is -2.06. The zero-order valence-corrected chi connectivity index (χ0v) is 12.5. The van der Waals surface area contributed by atoms with Crippen LogP contribution in [-0.4, -0.2) is 11.2 Å². The van der Waals surface area contributed by atoms with Gasteiger partial charge in [-0.2, -0.15) is 0 Å². The number of unbranched alkanes of at least 4 members (excludes halogenated alkanes) is 8. The molecule has 0 aromatic carbocycles. The van der Waals surface area contributed by atoms with Crippen LogP contribution in [0.2, 0.25) is 0 Å². The zero-order chi connectivity index (χ0) is 13.1. The molecule has 1 heteroatoms. The summed E-state index contributed by atoms with van der Waals surface area (Å²) in [5, 5.41) is 9.83. The average Bonchev–Trinajstić information content (AvgIpc) is 3.18. The summed E-state index contributed by atoms with van der Waals surface area (Å²) in [5.74, 6) is 0.975. The van der Waals surface area contributed by atoms with Crippen molar-refractivity contribution >= 4 is 0 Å². The molecule has 0 spiro atoms. The molecule has 0 heterocycles. The molecule has 1 atom stereocenters. The van der Waals surface area contributed by atoms with Gasteiger partial charge in [0, 0.05) is 0 Å². The summed E-state index contributed by atoms with van der Waals surface area (Å²) < 4.78 is 0. The fourth-order valence-corrected chi connectivity index (χ4v) is 2.67. The summed E-state index contributed by atoms with van der Waals surface area (Å²) >= 11 is 0. The summed E-state index contributed by atoms with van der Waals surface area (Å²) in [5.41, 5.74) is 0. The van der Waals surface area contributed by atoms with Crippen LogP contribution in [0.1, 0.15) is 96.8 Å². The molecule has 0 aliphatic heterocycles. The fraction of sp³-hybridized carbons (Fsp3) is 1.00. The molecule has 1 aliphatic carbocycles. The quantitative estimate of drug-likeness (QED) is 0.433. The van der Waals surface area contributed by atoms with Gasteiger partial charge >= 0.3 is 0 Å². The molecule has 0 bridgehead atoms. The Kier molecular flexibility index (Phi) is 9.65. The molecular weight excluding hydrogens is 220 g/mol. The fourth-order valence-electron chi connectivity index (χ4n) is 2.67. The average molecular weight is 254 g/mol. The van der Waals surface area contributed by atoms with E-state index in [4.69, 9.17) is 0 Å². The van der Waals surface area contributed by atoms with Crippen LogP contribution in [0, 0.1) is 5.92 Å². The van der Waals surface area contributed by atoms with Gasteiger partial charge in [-0.15, -0.1) is 0 Å². The van der Waals surface area contributed by atoms with Crippen LogP contribution in [0.15, 0.2) is 0 Å². The minimum atomic E-state index is -0.00449. The van der Waals surface area contributed by atoms with E-state index in [9.17, 15) is 5.11 Å². The summed E-state index contributed by atoms with van der Waals surface area (Å²) in [4.78, 5) is 0. The van der Waals surface area contributed by atoms with Crippen LogP contribution in [0.5, 0.6) is 0 Å². The van der Waals surface area contributed by atoms with Crippen molar-refractivity contribution in [3.63, 3.8) is 0 Å². The molecule has 108 valence electrons. The second-order valence-electron chi connectivity index (χ2n) is 6.29. The maximum Gasteiger partial charge on any atom is 0.0540 e. The number of hydrogen-bond acceptors (Lipinski definition) is 1. The SMILES string of the molecule is CCCCCCCCCCCC(O)CCC1CC1. The Morgan fingerprint density at radius 2 is 1.39 bits per heavy atom. The predicted molar refractivity (Wildman–Crippen MR) is 79.8 cm³/mol. The van der Waals surface area contributed by atoms with E-state index in [0.29, 0.717) is 0 Å². The van der Waals surface area contributed by atoms with Gasteiger partial charge in [-0.25, -0.2) is 0 Å². The first-order valence-electron chi connectivity index (χ1n) is 8.51. The highest BCUT2D eigenvalue weighted by Gasteiger charge is 2.21. The molecule has 1 unspecified atom stereocenters. The highest BCUT2D eigenvalue weighted by molar-refractivity contribution is 4.74. The lowest BCUT2D eigenvalue weighted by Gasteiger charge is -2.09. The third kappa shape index (κ3) is 9.94. The lowest BCUT2D eigenvalue weighted by atomic mass is 10.0. The molecule has 18 heavy (non-hydrogen) atoms. The Labute approximate surface area is 114 Å². The van der Waals surface area contributed by atoms with Crippen molar-refractivity contribution in [3.05, 3.63) is 0 Å². The standard InChI is InChI=1S/C17H34O/c1-2-3-4-5-6-7-8-9-10-11-17(18)15-14-16-12-13-16/h16-18H,2-15H2,1H3. The monoisotopic (exact) mass is 254 g/mol. The van der Waals surface area contributed by atoms with Crippen molar-refractivity contribution in [3.8, 4) is 0 Å². The molecule has 0 radical (unpaired) electrons. The van der Waals surface area contributed by atoms with Gasteiger partial charge < -0.3 is 5.11 Å². The van der Waals surface area contributed by atoms with E-state index in [-0.39, 0.29) is 6.10 Å². The summed E-state index contributed by atoms with van der Waals surface area (Å²) in [6.45, 7) is 2.27. The number of rotatable bonds is 13. The maximum absolute atomic E-state index is 9.83. The highest BCUT2D eigenvalue weighted by atomic mass is 16.3. The van der Waals surface area contributed by atoms with E-state index >= 15 is 0 Å². The van der Waals surface area contributed by atoms with Crippen molar-refractivity contribution in [2.45, 2.75) is 103 Å². The number of hydrogen-bond donors (Lipinski definition) is 1. The van der Waals surface area contributed by atoms with E-state index in [1.54, 1.807) is 0 Å². The largest absolute Gasteiger partial charge is 0.393 e. The van der Waals surface area contributed by atoms with Crippen molar-refractivity contribution in [1.82, 2.24) is 0 Å². The number of aliphatic hydroxyl groups is 1. The molecule has 1 rings (SSSR count). The van der Waals surface area contributed by atoms with Crippen molar-refractivity contribution in [2.24, 2.45) is 5.92 Å². The Morgan fingerprint density at radius 3 is 1.94 bits per heavy atom. The Morgan fingerprint density at radius 1 is 0.833 bits per heavy atom. The normalized spacial score (nSPS) is 17.0. The van der Waals surface area contributed by atoms with Gasteiger partial charge in [0.25, 0.3) is 0 Å². The number of aliphatic hydroxyl groups excluding tert-OH is 1. The van der Waals surface area contributed by atoms with Gasteiger partial charge in [-0.1, -0.05) is 77.6 Å². The van der Waals surface area contributed by atoms with Crippen molar-refractivity contribution in [1.29, 1.82) is 0 Å². The second-order valence-corrected chi connectivity index (χ2v) is 6.29. The minimum absolute atomic E-state index is 0.00449. The molecule has 1 fully saturated rings. The van der Waals surface area contributed by atoms with Gasteiger partial charge in [0.1, 0.15) is 0 Å². The minimum Gasteiger partial charge on any atom is -0.393 e. The molecule has 1 nitrogen and oxygen atoms in total. The highest BCUT2D eigenvalue weighted by Crippen LogP contribution is 2.34. The van der Waals surface area contributed by atoms with Gasteiger partial charge in [0.05, 0.1) is 6.10 Å². The van der Waals surface area contributed by atoms with Crippen LogP contribution >= 0.6 is 0 Å². The Bertz CT molecular complexity index is 174. The summed E-state index contributed by atoms with van der Waals surface area (Å²) in [6.07, 6.45) is 18.6. The first-order chi connectivity index (χ1) is 8.83. The van der Waals surface area contributed by atoms with E-state index in [0.717, 1.165) is 18.8 Å². The van der Waals surface area contributed by atoms with Crippen LogP contribution in [0.3, 0.4) is 0 Å². The lowest BCUT2D eigenvalue weighted by molar-refractivity contribution is 0.146. The Balaban J connectivity index is 1.71. The molecular formula is C17H34O. The molecule has 1 saturated carbocycles. The molecule has 0 aromatic heterocycles. The van der Waals surface area contributed by atoms with Crippen LogP contribution in [-0.2, 0) is 0 Å². The summed E-state index contributed by atoms with van der Waals surface area (Å²) in [7, 11) is 0. The molecule has 1 aliphatic rings. The van der Waals surface area contributed by atoms with Gasteiger partial charge in [-0.05, 0) is 25.2 Å². The first kappa shape index (κ1) is 16.0. The van der Waals surface area contributed by atoms with Crippen LogP contribution in [0.25, 0.3) is 0 Å². The third-order valence-electron chi connectivity index (χ3n) is 4.25. The molecule has 0 saturated heterocycles. The zero-order valence-electron chi connectivity index (χ0n) is 12.5. The third-order valence-corrected chi connectivity index (χ3v) is 4.25. The van der Waals surface area contributed by atoms with Gasteiger partial charge in [0.2, 0.25) is 0 Å². The smallest absolute Gasteiger partial charge is 0.0540 e. The van der Waals surface area contributed by atoms with E-state index in [1.807, 2.05) is 0 Å². The topological polar surface area (TPSA) is 20.2 Å². The van der Waals surface area contributed by atoms with E-state index in [2.05, 4.69) is 6.92 Å². The Hall–Kier alpha value is -0.0400. The van der Waals surface area contributed by atoms with E-state index in [1.165, 1.54) is 77.0 Å². The molecule has 1 N–H and O–H groups in total. The summed E-state index contributed by atoms with van der Waals surface area (Å²) in [6, 6.07) is 0. The first-order valence-corrected chi connectivity index (χ1v) is 8.51. The predicted octanol–water partition coefficient (Wildman–Crippen LogP) is 5.46. The molecule has 0 amide bonds. The van der Waals surface area contributed by atoms with Crippen molar-refractivity contribution in [2.75, 3.05) is 0 Å². The van der Waals surface area contributed by atoms with Crippen LogP contribution < -0.4 is 0 Å².